The molecule has 0 aliphatic rings. The summed E-state index contributed by atoms with van der Waals surface area (Å²) in [6.07, 6.45) is 0. The number of primary amides is 1. The second-order valence-electron chi connectivity index (χ2n) is 5.28. The van der Waals surface area contributed by atoms with Crippen LogP contribution in [0.3, 0.4) is 0 Å². The van der Waals surface area contributed by atoms with Gasteiger partial charge in [0.2, 0.25) is 5.91 Å². The number of carbonyl (C=O) groups excluding carboxylic acids is 1. The van der Waals surface area contributed by atoms with E-state index in [1.807, 2.05) is 0 Å². The van der Waals surface area contributed by atoms with E-state index in [2.05, 4.69) is 5.10 Å². The van der Waals surface area contributed by atoms with E-state index >= 15 is 0 Å². The highest BCUT2D eigenvalue weighted by Crippen LogP contribution is 2.31. The van der Waals surface area contributed by atoms with Crippen molar-refractivity contribution in [2.24, 2.45) is 5.73 Å². The predicted octanol–water partition coefficient (Wildman–Crippen LogP) is 4.62. The number of rotatable bonds is 6. The lowest BCUT2D eigenvalue weighted by molar-refractivity contribution is -0.385. The Balaban J connectivity index is 1.82. The van der Waals surface area contributed by atoms with Gasteiger partial charge in [0.05, 0.1) is 10.6 Å². The number of hydrogen-bond donors (Lipinski definition) is 1. The summed E-state index contributed by atoms with van der Waals surface area (Å²) in [7, 11) is 0. The summed E-state index contributed by atoms with van der Waals surface area (Å²) in [5.41, 5.74) is 6.38. The smallest absolute Gasteiger partial charge is 0.274 e. The van der Waals surface area contributed by atoms with Gasteiger partial charge in [-0.2, -0.15) is 0 Å². The number of carbonyl (C=O) groups is 1. The third kappa shape index (κ3) is 4.53. The number of nitro groups is 1. The van der Waals surface area contributed by atoms with Crippen LogP contribution in [0.15, 0.2) is 46.8 Å². The van der Waals surface area contributed by atoms with Crippen LogP contribution in [0.1, 0.15) is 15.9 Å². The van der Waals surface area contributed by atoms with Crippen LogP contribution in [-0.2, 0) is 5.75 Å². The molecule has 11 heteroatoms. The maximum absolute atomic E-state index is 11.3. The van der Waals surface area contributed by atoms with Gasteiger partial charge in [0.1, 0.15) is 0 Å². The summed E-state index contributed by atoms with van der Waals surface area (Å²) >= 11 is 13.9. The summed E-state index contributed by atoms with van der Waals surface area (Å²) in [4.78, 5) is 22.0. The summed E-state index contributed by atoms with van der Waals surface area (Å²) in [5.74, 6) is -0.407. The summed E-state index contributed by atoms with van der Waals surface area (Å²) < 4.78 is 2.84. The molecule has 27 heavy (non-hydrogen) atoms. The van der Waals surface area contributed by atoms with Crippen molar-refractivity contribution in [3.8, 4) is 5.69 Å². The maximum atomic E-state index is 11.3. The molecule has 3 aromatic rings. The number of nitrogens with two attached hydrogens (primary N) is 1. The third-order valence-corrected chi connectivity index (χ3v) is 6.18. The van der Waals surface area contributed by atoms with Gasteiger partial charge in [-0.05, 0) is 42.5 Å². The molecule has 138 valence electrons. The second kappa shape index (κ2) is 8.17. The van der Waals surface area contributed by atoms with E-state index in [-0.39, 0.29) is 11.3 Å². The predicted molar refractivity (Wildman–Crippen MR) is 108 cm³/mol. The third-order valence-electron chi connectivity index (χ3n) is 3.52. The first-order chi connectivity index (χ1) is 12.8. The normalized spacial score (nSPS) is 10.7. The van der Waals surface area contributed by atoms with Crippen molar-refractivity contribution in [3.63, 3.8) is 0 Å². The quantitative estimate of drug-likeness (QED) is 0.260. The highest BCUT2D eigenvalue weighted by atomic mass is 35.5. The molecule has 0 aliphatic heterocycles. The maximum Gasteiger partial charge on any atom is 0.274 e. The molecule has 0 bridgehead atoms. The van der Waals surface area contributed by atoms with Crippen LogP contribution in [0.25, 0.3) is 5.69 Å². The first kappa shape index (κ1) is 19.5. The molecule has 3 rings (SSSR count). The Labute approximate surface area is 171 Å². The number of amides is 1. The zero-order chi connectivity index (χ0) is 19.6. The number of thioether (sulfide) groups is 1. The average Bonchev–Trinajstić information content (AvgIpc) is 3.01. The molecule has 0 saturated heterocycles. The Morgan fingerprint density at radius 2 is 2.04 bits per heavy atom. The molecule has 7 nitrogen and oxygen atoms in total. The zero-order valence-corrected chi connectivity index (χ0v) is 16.7. The molecule has 2 N–H and O–H groups in total. The molecular formula is C16H11ClN4O3S3. The lowest BCUT2D eigenvalue weighted by atomic mass is 10.1. The van der Waals surface area contributed by atoms with Crippen LogP contribution in [0, 0.1) is 14.1 Å². The minimum atomic E-state index is -0.711. The highest BCUT2D eigenvalue weighted by molar-refractivity contribution is 8.00. The topological polar surface area (TPSA) is 104 Å². The van der Waals surface area contributed by atoms with Gasteiger partial charge in [0, 0.05) is 28.0 Å². The molecule has 0 aliphatic carbocycles. The molecule has 1 heterocycles. The van der Waals surface area contributed by atoms with Crippen molar-refractivity contribution >= 4 is 58.5 Å². The Morgan fingerprint density at radius 3 is 2.67 bits per heavy atom. The molecule has 0 unspecified atom stereocenters. The number of nitrogens with zero attached hydrogens (tertiary/aromatic N) is 3. The van der Waals surface area contributed by atoms with E-state index in [0.717, 1.165) is 5.69 Å². The van der Waals surface area contributed by atoms with Crippen LogP contribution < -0.4 is 5.73 Å². The van der Waals surface area contributed by atoms with E-state index in [0.29, 0.717) is 24.6 Å². The van der Waals surface area contributed by atoms with Crippen LogP contribution in [0.5, 0.6) is 0 Å². The molecule has 0 atom stereocenters. The molecule has 0 saturated carbocycles. The first-order valence-corrected chi connectivity index (χ1v) is 10.00. The molecule has 0 spiro atoms. The zero-order valence-electron chi connectivity index (χ0n) is 13.5. The van der Waals surface area contributed by atoms with E-state index < -0.39 is 10.8 Å². The molecule has 0 radical (unpaired) electrons. The fourth-order valence-electron chi connectivity index (χ4n) is 2.21. The summed E-state index contributed by atoms with van der Waals surface area (Å²) in [6, 6.07) is 11.3. The standard InChI is InChI=1S/C16H11ClN4O3S3/c17-11-3-5-12(6-4-11)20-16(25)27-15(19-20)26-8-10-2-1-9(14(18)22)7-13(10)21(23)24/h1-7H,8H2,(H2,18,22). The van der Waals surface area contributed by atoms with E-state index in [1.54, 1.807) is 28.9 Å². The van der Waals surface area contributed by atoms with Gasteiger partial charge in [-0.25, -0.2) is 4.68 Å². The highest BCUT2D eigenvalue weighted by Gasteiger charge is 2.17. The monoisotopic (exact) mass is 438 g/mol. The van der Waals surface area contributed by atoms with Gasteiger partial charge in [-0.15, -0.1) is 5.10 Å². The van der Waals surface area contributed by atoms with Crippen molar-refractivity contribution in [3.05, 3.63) is 72.7 Å². The SMILES string of the molecule is NC(=O)c1ccc(CSc2nn(-c3ccc(Cl)cc3)c(=S)s2)c([N+](=O)[O-])c1. The van der Waals surface area contributed by atoms with E-state index in [1.165, 1.54) is 41.3 Å². The minimum Gasteiger partial charge on any atom is -0.366 e. The fraction of sp³-hybridized carbons (Fsp3) is 0.0625. The molecule has 0 fully saturated rings. The summed E-state index contributed by atoms with van der Waals surface area (Å²) in [5, 5.41) is 16.3. The number of halogens is 1. The molecule has 2 aromatic carbocycles. The summed E-state index contributed by atoms with van der Waals surface area (Å²) in [6.45, 7) is 0. The van der Waals surface area contributed by atoms with Crippen LogP contribution in [0.2, 0.25) is 5.02 Å². The van der Waals surface area contributed by atoms with Crippen molar-refractivity contribution in [1.29, 1.82) is 0 Å². The van der Waals surface area contributed by atoms with Crippen molar-refractivity contribution < 1.29 is 9.72 Å². The lowest BCUT2D eigenvalue weighted by Crippen LogP contribution is -2.11. The van der Waals surface area contributed by atoms with Crippen LogP contribution in [0.4, 0.5) is 5.69 Å². The minimum absolute atomic E-state index is 0.0955. The Bertz CT molecular complexity index is 1080. The first-order valence-electron chi connectivity index (χ1n) is 7.41. The van der Waals surface area contributed by atoms with E-state index in [9.17, 15) is 14.9 Å². The number of benzene rings is 2. The van der Waals surface area contributed by atoms with E-state index in [4.69, 9.17) is 29.6 Å². The van der Waals surface area contributed by atoms with Crippen LogP contribution in [-0.4, -0.2) is 20.6 Å². The van der Waals surface area contributed by atoms with Crippen molar-refractivity contribution in [2.45, 2.75) is 10.1 Å². The molecule has 1 aromatic heterocycles. The Hall–Kier alpha value is -2.27. The number of nitro benzene ring substituents is 1. The number of aromatic nitrogens is 2. The largest absolute Gasteiger partial charge is 0.366 e. The fourth-order valence-corrected chi connectivity index (χ4v) is 4.70. The molecular weight excluding hydrogens is 428 g/mol. The lowest BCUT2D eigenvalue weighted by Gasteiger charge is -2.03. The van der Waals surface area contributed by atoms with Gasteiger partial charge >= 0.3 is 0 Å². The van der Waals surface area contributed by atoms with Gasteiger partial charge < -0.3 is 5.73 Å². The number of hydrogen-bond acceptors (Lipinski definition) is 7. The van der Waals surface area contributed by atoms with Gasteiger partial charge in [-0.1, -0.05) is 40.8 Å². The average molecular weight is 439 g/mol. The van der Waals surface area contributed by atoms with Gasteiger partial charge in [0.15, 0.2) is 8.29 Å². The Morgan fingerprint density at radius 1 is 1.33 bits per heavy atom. The second-order valence-corrected chi connectivity index (χ2v) is 8.56. The van der Waals surface area contributed by atoms with Gasteiger partial charge in [-0.3, -0.25) is 14.9 Å². The van der Waals surface area contributed by atoms with Gasteiger partial charge in [0.25, 0.3) is 5.69 Å². The molecule has 1 amide bonds. The van der Waals surface area contributed by atoms with Crippen LogP contribution >= 0.6 is 46.9 Å². The van der Waals surface area contributed by atoms with Crippen molar-refractivity contribution in [2.75, 3.05) is 0 Å². The Kier molecular flexibility index (Phi) is 5.90. The van der Waals surface area contributed by atoms with Crippen molar-refractivity contribution in [1.82, 2.24) is 9.78 Å².